The lowest BCUT2D eigenvalue weighted by Crippen LogP contribution is -2.05. The first kappa shape index (κ1) is 28.7. The Morgan fingerprint density at radius 3 is 1.97 bits per heavy atom. The number of H-pyrrole nitrogens is 1. The topological polar surface area (TPSA) is 126 Å². The molecular formula is C12H13Cl5FN4O4PS2. The molecule has 2 N–H and O–H groups in total. The zero-order chi connectivity index (χ0) is 23.9. The molecule has 2 heterocycles. The summed E-state index contributed by atoms with van der Waals surface area (Å²) in [6.07, 6.45) is 4.09. The number of carbonyl (C=O) groups is 1. The lowest BCUT2D eigenvalue weighted by molar-refractivity contribution is 0.112. The molecule has 0 aliphatic heterocycles. The SMILES string of the molecule is CSc1nc(Cl)c(C=O)c(Cl)n1.CSc1nc(O)cc(=O)[nH]1.O=P(Cl)(Cl)Cl.[2H]CF. The smallest absolute Gasteiger partial charge is 0.339 e. The van der Waals surface area contributed by atoms with Crippen molar-refractivity contribution in [2.75, 3.05) is 19.7 Å². The lowest BCUT2D eigenvalue weighted by atomic mass is 10.4. The van der Waals surface area contributed by atoms with Crippen LogP contribution in [0.2, 0.25) is 10.3 Å². The molecule has 0 saturated heterocycles. The first-order valence-corrected chi connectivity index (χ1v) is 14.1. The number of nitrogens with zero attached hydrogens (tertiary/aromatic N) is 3. The highest BCUT2D eigenvalue weighted by atomic mass is 36.0. The first-order valence-electron chi connectivity index (χ1n) is 7.14. The van der Waals surface area contributed by atoms with Crippen molar-refractivity contribution < 1.29 is 20.2 Å². The summed E-state index contributed by atoms with van der Waals surface area (Å²) in [5.74, 6) is -0.242. The molecule has 0 radical (unpaired) electrons. The van der Waals surface area contributed by atoms with E-state index < -0.39 is 12.4 Å². The fourth-order valence-corrected chi connectivity index (χ4v) is 2.44. The number of hydrogen-bond donors (Lipinski definition) is 2. The van der Waals surface area contributed by atoms with Crippen LogP contribution in [0.3, 0.4) is 0 Å². The van der Waals surface area contributed by atoms with Crippen LogP contribution >= 0.6 is 85.6 Å². The van der Waals surface area contributed by atoms with Gasteiger partial charge in [0, 0.05) is 0 Å². The second kappa shape index (κ2) is 16.4. The molecule has 0 aliphatic rings. The monoisotopic (exact) mass is 567 g/mol. The van der Waals surface area contributed by atoms with E-state index in [9.17, 15) is 18.5 Å². The number of nitrogens with one attached hydrogen (secondary N) is 1. The quantitative estimate of drug-likeness (QED) is 0.152. The van der Waals surface area contributed by atoms with Crippen molar-refractivity contribution in [1.82, 2.24) is 19.9 Å². The lowest BCUT2D eigenvalue weighted by Gasteiger charge is -1.99. The molecule has 0 amide bonds. The van der Waals surface area contributed by atoms with Crippen molar-refractivity contribution in [3.63, 3.8) is 0 Å². The Bertz CT molecular complexity index is 880. The molecule has 0 atom stereocenters. The Kier molecular flexibility index (Phi) is 16.3. The fraction of sp³-hybridized carbons (Fsp3) is 0.250. The minimum absolute atomic E-state index is 0.0920. The minimum atomic E-state index is -3.22. The molecule has 29 heavy (non-hydrogen) atoms. The molecule has 0 aromatic carbocycles. The van der Waals surface area contributed by atoms with E-state index in [-0.39, 0.29) is 27.3 Å². The number of hydrogen-bond acceptors (Lipinski definition) is 9. The van der Waals surface area contributed by atoms with E-state index in [4.69, 9.17) is 29.7 Å². The Morgan fingerprint density at radius 2 is 1.66 bits per heavy atom. The molecule has 0 saturated carbocycles. The predicted molar refractivity (Wildman–Crippen MR) is 120 cm³/mol. The molecule has 164 valence electrons. The van der Waals surface area contributed by atoms with Gasteiger partial charge in [0.05, 0.1) is 20.2 Å². The molecule has 8 nitrogen and oxygen atoms in total. The van der Waals surface area contributed by atoms with Gasteiger partial charge in [0.25, 0.3) is 5.56 Å². The van der Waals surface area contributed by atoms with Crippen LogP contribution < -0.4 is 5.56 Å². The molecule has 2 rings (SSSR count). The number of aldehydes is 1. The summed E-state index contributed by atoms with van der Waals surface area (Å²) in [7, 11) is -1.00. The van der Waals surface area contributed by atoms with Crippen molar-refractivity contribution >= 4 is 91.9 Å². The molecule has 0 aliphatic carbocycles. The van der Waals surface area contributed by atoms with Crippen LogP contribution in [0.4, 0.5) is 4.39 Å². The zero-order valence-corrected chi connectivity index (χ0v) is 20.7. The van der Waals surface area contributed by atoms with E-state index >= 15 is 0 Å². The highest BCUT2D eigenvalue weighted by Crippen LogP contribution is 2.61. The number of aromatic hydroxyl groups is 1. The summed E-state index contributed by atoms with van der Waals surface area (Å²) in [6.45, 7) is 0. The maximum atomic E-state index is 10.6. The van der Waals surface area contributed by atoms with Crippen molar-refractivity contribution in [3.8, 4) is 5.88 Å². The molecule has 0 bridgehead atoms. The first-order chi connectivity index (χ1) is 13.8. The standard InChI is InChI=1S/C6H4Cl2N2OS.C5H6N2O2S.CH3F.Cl3OP/c1-12-6-9-4(7)3(2-11)5(8)10-6;1-10-5-6-3(8)2-4(9)7-5;1-2;1-5(2,3)4/h2H,1H3;2H,1H3,(H2,6,7,8,9);1H3;/i;;1D;. The molecule has 2 aromatic heterocycles. The summed E-state index contributed by atoms with van der Waals surface area (Å²) >= 11 is 27.7. The molecule has 17 heteroatoms. The minimum Gasteiger partial charge on any atom is -0.493 e. The van der Waals surface area contributed by atoms with E-state index in [1.165, 1.54) is 23.5 Å². The number of aromatic nitrogens is 4. The molecule has 0 fully saturated rings. The van der Waals surface area contributed by atoms with Crippen molar-refractivity contribution in [3.05, 3.63) is 32.3 Å². The number of aromatic amines is 1. The maximum absolute atomic E-state index is 10.6. The predicted octanol–water partition coefficient (Wildman–Crippen LogP) is 5.91. The molecule has 2 aromatic rings. The van der Waals surface area contributed by atoms with E-state index in [2.05, 4.69) is 53.7 Å². The highest BCUT2D eigenvalue weighted by Gasteiger charge is 2.09. The van der Waals surface area contributed by atoms with Gasteiger partial charge in [-0.3, -0.25) is 18.5 Å². The largest absolute Gasteiger partial charge is 0.493 e. The average Bonchev–Trinajstić information content (AvgIpc) is 2.60. The van der Waals surface area contributed by atoms with Crippen molar-refractivity contribution in [1.29, 1.82) is 0 Å². The second-order valence-corrected chi connectivity index (χ2v) is 12.8. The Morgan fingerprint density at radius 1 is 1.21 bits per heavy atom. The van der Waals surface area contributed by atoms with Gasteiger partial charge in [0.15, 0.2) is 16.6 Å². The van der Waals surface area contributed by atoms with Crippen LogP contribution in [0.15, 0.2) is 21.2 Å². The third-order valence-corrected chi connectivity index (χ3v) is 3.74. The van der Waals surface area contributed by atoms with E-state index in [0.717, 1.165) is 6.07 Å². The summed E-state index contributed by atoms with van der Waals surface area (Å²) in [5.41, 5.74) is -0.201. The number of halogens is 6. The van der Waals surface area contributed by atoms with Gasteiger partial charge in [0.1, 0.15) is 10.3 Å². The maximum Gasteiger partial charge on any atom is 0.339 e. The number of thioether (sulfide) groups is 2. The van der Waals surface area contributed by atoms with Gasteiger partial charge in [-0.25, -0.2) is 9.97 Å². The van der Waals surface area contributed by atoms with Gasteiger partial charge in [-0.15, -0.1) is 0 Å². The van der Waals surface area contributed by atoms with Gasteiger partial charge in [-0.1, -0.05) is 46.7 Å². The van der Waals surface area contributed by atoms with Gasteiger partial charge >= 0.3 is 5.20 Å². The van der Waals surface area contributed by atoms with E-state index in [1.54, 1.807) is 12.5 Å². The second-order valence-electron chi connectivity index (χ2n) is 3.84. The summed E-state index contributed by atoms with van der Waals surface area (Å²) in [5, 5.41) is 6.62. The third-order valence-electron chi connectivity index (χ3n) is 2.03. The zero-order valence-electron chi connectivity index (χ0n) is 15.4. The fourth-order valence-electron chi connectivity index (χ4n) is 1.11. The Balaban J connectivity index is 0. The average molecular weight is 570 g/mol. The van der Waals surface area contributed by atoms with Gasteiger partial charge < -0.3 is 10.1 Å². The van der Waals surface area contributed by atoms with Crippen LogP contribution in [0.25, 0.3) is 0 Å². The third kappa shape index (κ3) is 16.1. The number of rotatable bonds is 3. The molecule has 0 spiro atoms. The van der Waals surface area contributed by atoms with Gasteiger partial charge in [-0.2, -0.15) is 4.98 Å². The molecule has 0 unspecified atom stereocenters. The summed E-state index contributed by atoms with van der Waals surface area (Å²) in [4.78, 5) is 34.7. The Hall–Kier alpha value is -0.260. The van der Waals surface area contributed by atoms with Crippen molar-refractivity contribution in [2.24, 2.45) is 0 Å². The van der Waals surface area contributed by atoms with Crippen LogP contribution in [0.5, 0.6) is 5.88 Å². The Labute approximate surface area is 199 Å². The van der Waals surface area contributed by atoms with Gasteiger partial charge in [-0.05, 0) is 46.2 Å². The van der Waals surface area contributed by atoms with Crippen LogP contribution in [-0.4, -0.2) is 51.0 Å². The van der Waals surface area contributed by atoms with Crippen LogP contribution in [0.1, 0.15) is 11.7 Å². The van der Waals surface area contributed by atoms with Crippen LogP contribution in [0, 0.1) is 0 Å². The summed E-state index contributed by atoms with van der Waals surface area (Å²) < 4.78 is 25.0. The molecular weight excluding hydrogens is 556 g/mol. The number of carbonyl (C=O) groups excluding carboxylic acids is 1. The normalized spacial score (nSPS) is 10.1. The van der Waals surface area contributed by atoms with E-state index in [0.29, 0.717) is 16.6 Å². The highest BCUT2D eigenvalue weighted by molar-refractivity contribution is 8.24. The van der Waals surface area contributed by atoms with Crippen molar-refractivity contribution in [2.45, 2.75) is 10.3 Å². The van der Waals surface area contributed by atoms with Gasteiger partial charge in [0.2, 0.25) is 5.88 Å². The number of alkyl halides is 1. The van der Waals surface area contributed by atoms with E-state index in [1.807, 2.05) is 0 Å². The van der Waals surface area contributed by atoms with Crippen LogP contribution in [-0.2, 0) is 4.57 Å². The summed E-state index contributed by atoms with van der Waals surface area (Å²) in [6, 6.07) is 1.03.